The zero-order valence-electron chi connectivity index (χ0n) is 12.6. The van der Waals surface area contributed by atoms with E-state index in [1.54, 1.807) is 0 Å². The number of nitrogens with one attached hydrogen (secondary N) is 1. The summed E-state index contributed by atoms with van der Waals surface area (Å²) >= 11 is 0. The largest absolute Gasteiger partial charge is 0.314 e. The highest BCUT2D eigenvalue weighted by atomic mass is 15.1. The van der Waals surface area contributed by atoms with Crippen molar-refractivity contribution < 1.29 is 0 Å². The third-order valence-electron chi connectivity index (χ3n) is 4.34. The molecule has 0 unspecified atom stereocenters. The second-order valence-electron chi connectivity index (χ2n) is 6.82. The molecule has 0 bridgehead atoms. The standard InChI is InChI=1S/C15H32N2/c1-13(2)17(5)12-6-11-16-14-7-9-15(3,4)10-8-14/h13-14,16H,6-12H2,1-5H3. The van der Waals surface area contributed by atoms with Crippen LogP contribution in [0.3, 0.4) is 0 Å². The van der Waals surface area contributed by atoms with E-state index in [0.717, 1.165) is 6.04 Å². The van der Waals surface area contributed by atoms with E-state index in [2.05, 4.69) is 45.0 Å². The molecule has 1 fully saturated rings. The molecule has 2 heteroatoms. The fourth-order valence-electron chi connectivity index (χ4n) is 2.50. The van der Waals surface area contributed by atoms with Gasteiger partial charge in [-0.25, -0.2) is 0 Å². The summed E-state index contributed by atoms with van der Waals surface area (Å²) in [6.45, 7) is 11.7. The fraction of sp³-hybridized carbons (Fsp3) is 1.00. The average molecular weight is 240 g/mol. The van der Waals surface area contributed by atoms with Crippen LogP contribution in [0.2, 0.25) is 0 Å². The van der Waals surface area contributed by atoms with Crippen molar-refractivity contribution in [3.05, 3.63) is 0 Å². The van der Waals surface area contributed by atoms with Crippen molar-refractivity contribution in [2.45, 2.75) is 71.9 Å². The summed E-state index contributed by atoms with van der Waals surface area (Å²) in [6, 6.07) is 1.46. The van der Waals surface area contributed by atoms with Gasteiger partial charge in [0.1, 0.15) is 0 Å². The first-order chi connectivity index (χ1) is 7.91. The van der Waals surface area contributed by atoms with Gasteiger partial charge in [-0.05, 0) is 71.5 Å². The zero-order valence-corrected chi connectivity index (χ0v) is 12.6. The third kappa shape index (κ3) is 5.87. The Morgan fingerprint density at radius 1 is 1.24 bits per heavy atom. The van der Waals surface area contributed by atoms with Crippen molar-refractivity contribution in [2.75, 3.05) is 20.1 Å². The lowest BCUT2D eigenvalue weighted by atomic mass is 9.75. The summed E-state index contributed by atoms with van der Waals surface area (Å²) in [5.41, 5.74) is 0.593. The van der Waals surface area contributed by atoms with Gasteiger partial charge in [-0.15, -0.1) is 0 Å². The summed E-state index contributed by atoms with van der Waals surface area (Å²) in [5.74, 6) is 0. The van der Waals surface area contributed by atoms with Crippen molar-refractivity contribution in [2.24, 2.45) is 5.41 Å². The van der Waals surface area contributed by atoms with E-state index in [1.165, 1.54) is 45.2 Å². The van der Waals surface area contributed by atoms with E-state index in [1.807, 2.05) is 0 Å². The Labute approximate surface area is 108 Å². The van der Waals surface area contributed by atoms with Crippen molar-refractivity contribution in [3.8, 4) is 0 Å². The molecule has 0 aliphatic heterocycles. The summed E-state index contributed by atoms with van der Waals surface area (Å²) in [5, 5.41) is 3.73. The van der Waals surface area contributed by atoms with Crippen molar-refractivity contribution in [1.29, 1.82) is 0 Å². The maximum absolute atomic E-state index is 3.73. The summed E-state index contributed by atoms with van der Waals surface area (Å²) < 4.78 is 0. The van der Waals surface area contributed by atoms with Gasteiger partial charge >= 0.3 is 0 Å². The first-order valence-corrected chi connectivity index (χ1v) is 7.34. The third-order valence-corrected chi connectivity index (χ3v) is 4.34. The lowest BCUT2D eigenvalue weighted by Crippen LogP contribution is -2.37. The number of nitrogens with zero attached hydrogens (tertiary/aromatic N) is 1. The minimum absolute atomic E-state index is 0.593. The molecule has 0 aromatic carbocycles. The summed E-state index contributed by atoms with van der Waals surface area (Å²) in [4.78, 5) is 2.42. The van der Waals surface area contributed by atoms with Crippen LogP contribution in [-0.4, -0.2) is 37.1 Å². The molecule has 1 rings (SSSR count). The molecule has 1 saturated carbocycles. The van der Waals surface area contributed by atoms with Crippen molar-refractivity contribution in [1.82, 2.24) is 10.2 Å². The van der Waals surface area contributed by atoms with E-state index < -0.39 is 0 Å². The van der Waals surface area contributed by atoms with Crippen LogP contribution in [0, 0.1) is 5.41 Å². The summed E-state index contributed by atoms with van der Waals surface area (Å²) in [7, 11) is 2.22. The molecule has 17 heavy (non-hydrogen) atoms. The minimum atomic E-state index is 0.593. The van der Waals surface area contributed by atoms with Gasteiger partial charge in [0.05, 0.1) is 0 Å². The number of hydrogen-bond donors (Lipinski definition) is 1. The molecule has 0 saturated heterocycles. The Hall–Kier alpha value is -0.0800. The monoisotopic (exact) mass is 240 g/mol. The van der Waals surface area contributed by atoms with Gasteiger partial charge in [0.2, 0.25) is 0 Å². The summed E-state index contributed by atoms with van der Waals surface area (Å²) in [6.07, 6.45) is 6.78. The first kappa shape index (κ1) is 15.0. The van der Waals surface area contributed by atoms with Crippen LogP contribution in [0.4, 0.5) is 0 Å². The van der Waals surface area contributed by atoms with Crippen LogP contribution in [0.5, 0.6) is 0 Å². The zero-order chi connectivity index (χ0) is 12.9. The molecule has 0 heterocycles. The Kier molecular flexibility index (Phi) is 5.94. The maximum atomic E-state index is 3.73. The van der Waals surface area contributed by atoms with E-state index in [4.69, 9.17) is 0 Å². The van der Waals surface area contributed by atoms with E-state index in [9.17, 15) is 0 Å². The van der Waals surface area contributed by atoms with Crippen LogP contribution in [0.25, 0.3) is 0 Å². The predicted molar refractivity (Wildman–Crippen MR) is 76.4 cm³/mol. The molecular weight excluding hydrogens is 208 g/mol. The highest BCUT2D eigenvalue weighted by molar-refractivity contribution is 4.82. The second kappa shape index (κ2) is 6.75. The van der Waals surface area contributed by atoms with Gasteiger partial charge < -0.3 is 10.2 Å². The number of hydrogen-bond acceptors (Lipinski definition) is 2. The Morgan fingerprint density at radius 3 is 2.35 bits per heavy atom. The van der Waals surface area contributed by atoms with E-state index in [0.29, 0.717) is 11.5 Å². The smallest absolute Gasteiger partial charge is 0.00674 e. The quantitative estimate of drug-likeness (QED) is 0.717. The van der Waals surface area contributed by atoms with Gasteiger partial charge in [0.25, 0.3) is 0 Å². The Bertz CT molecular complexity index is 201. The first-order valence-electron chi connectivity index (χ1n) is 7.34. The molecule has 0 radical (unpaired) electrons. The van der Waals surface area contributed by atoms with Crippen LogP contribution in [0.15, 0.2) is 0 Å². The lowest BCUT2D eigenvalue weighted by Gasteiger charge is -2.34. The predicted octanol–water partition coefficient (Wildman–Crippen LogP) is 3.28. The van der Waals surface area contributed by atoms with Crippen molar-refractivity contribution >= 4 is 0 Å². The van der Waals surface area contributed by atoms with Gasteiger partial charge in [0.15, 0.2) is 0 Å². The van der Waals surface area contributed by atoms with Gasteiger partial charge in [-0.3, -0.25) is 0 Å². The maximum Gasteiger partial charge on any atom is 0.00674 e. The van der Waals surface area contributed by atoms with Gasteiger partial charge in [-0.1, -0.05) is 13.8 Å². The number of rotatable bonds is 6. The molecular formula is C15H32N2. The molecule has 0 spiro atoms. The molecule has 0 aromatic heterocycles. The van der Waals surface area contributed by atoms with Gasteiger partial charge in [-0.2, -0.15) is 0 Å². The van der Waals surface area contributed by atoms with E-state index >= 15 is 0 Å². The van der Waals surface area contributed by atoms with Crippen molar-refractivity contribution in [3.63, 3.8) is 0 Å². The topological polar surface area (TPSA) is 15.3 Å². The highest BCUT2D eigenvalue weighted by Crippen LogP contribution is 2.34. The fourth-order valence-corrected chi connectivity index (χ4v) is 2.50. The van der Waals surface area contributed by atoms with Crippen LogP contribution < -0.4 is 5.32 Å². The lowest BCUT2D eigenvalue weighted by molar-refractivity contribution is 0.203. The SMILES string of the molecule is CC(C)N(C)CCCNC1CCC(C)(C)CC1. The molecule has 1 N–H and O–H groups in total. The Morgan fingerprint density at radius 2 is 1.82 bits per heavy atom. The average Bonchev–Trinajstić information content (AvgIpc) is 2.25. The molecule has 102 valence electrons. The molecule has 0 aromatic rings. The molecule has 0 amide bonds. The van der Waals surface area contributed by atoms with Crippen LogP contribution in [0.1, 0.15) is 59.8 Å². The molecule has 1 aliphatic carbocycles. The van der Waals surface area contributed by atoms with Crippen LogP contribution >= 0.6 is 0 Å². The highest BCUT2D eigenvalue weighted by Gasteiger charge is 2.26. The molecule has 2 nitrogen and oxygen atoms in total. The van der Waals surface area contributed by atoms with Gasteiger partial charge in [0, 0.05) is 12.1 Å². The van der Waals surface area contributed by atoms with E-state index in [-0.39, 0.29) is 0 Å². The molecule has 0 atom stereocenters. The second-order valence-corrected chi connectivity index (χ2v) is 6.82. The normalized spacial score (nSPS) is 21.4. The minimum Gasteiger partial charge on any atom is -0.314 e. The molecule has 1 aliphatic rings. The van der Waals surface area contributed by atoms with Crippen LogP contribution in [-0.2, 0) is 0 Å². The Balaban J connectivity index is 2.04.